The van der Waals surface area contributed by atoms with E-state index in [-0.39, 0.29) is 23.8 Å². The topological polar surface area (TPSA) is 69.7 Å². The first-order valence-corrected chi connectivity index (χ1v) is 10.9. The summed E-state index contributed by atoms with van der Waals surface area (Å²) in [5.74, 6) is -2.55. The molecule has 0 saturated carbocycles. The lowest BCUT2D eigenvalue weighted by atomic mass is 10.2. The molecule has 1 aliphatic heterocycles. The second-order valence-electron chi connectivity index (χ2n) is 6.57. The van der Waals surface area contributed by atoms with E-state index in [1.165, 1.54) is 0 Å². The number of carbonyl (C=O) groups excluding carboxylic acids is 1. The van der Waals surface area contributed by atoms with Crippen LogP contribution in [0.15, 0.2) is 47.4 Å². The Hall–Kier alpha value is -2.23. The van der Waals surface area contributed by atoms with Gasteiger partial charge in [0.1, 0.15) is 0 Å². The SMILES string of the molecule is O=C(CCNS(=O)(=O)c1ccc(F)c(F)c1)N1CCN(c2cccc(Cl)c2)CC1. The van der Waals surface area contributed by atoms with Gasteiger partial charge in [-0.3, -0.25) is 4.79 Å². The quantitative estimate of drug-likeness (QED) is 0.745. The van der Waals surface area contributed by atoms with E-state index in [0.29, 0.717) is 37.3 Å². The van der Waals surface area contributed by atoms with Crippen LogP contribution in [0.25, 0.3) is 0 Å². The smallest absolute Gasteiger partial charge is 0.240 e. The molecule has 2 aromatic carbocycles. The molecule has 29 heavy (non-hydrogen) atoms. The fraction of sp³-hybridized carbons (Fsp3) is 0.316. The van der Waals surface area contributed by atoms with Crippen LogP contribution in [0.1, 0.15) is 6.42 Å². The number of amides is 1. The van der Waals surface area contributed by atoms with E-state index in [0.717, 1.165) is 17.8 Å². The van der Waals surface area contributed by atoms with Crippen LogP contribution in [0.3, 0.4) is 0 Å². The Bertz CT molecular complexity index is 996. The standard InChI is InChI=1S/C19H20ClF2N3O3S/c20-14-2-1-3-15(12-14)24-8-10-25(11-9-24)19(26)6-7-23-29(27,28)16-4-5-17(21)18(22)13-16/h1-5,12-13,23H,6-11H2. The van der Waals surface area contributed by atoms with Crippen molar-refractivity contribution in [3.8, 4) is 0 Å². The van der Waals surface area contributed by atoms with Crippen molar-refractivity contribution in [1.29, 1.82) is 0 Å². The Morgan fingerprint density at radius 2 is 1.76 bits per heavy atom. The fourth-order valence-corrected chi connectivity index (χ4v) is 4.29. The van der Waals surface area contributed by atoms with Crippen LogP contribution in [0.4, 0.5) is 14.5 Å². The van der Waals surface area contributed by atoms with Crippen LogP contribution >= 0.6 is 11.6 Å². The molecule has 3 rings (SSSR count). The molecule has 1 aliphatic rings. The van der Waals surface area contributed by atoms with E-state index in [1.54, 1.807) is 11.0 Å². The van der Waals surface area contributed by atoms with E-state index in [1.807, 2.05) is 18.2 Å². The molecule has 6 nitrogen and oxygen atoms in total. The predicted molar refractivity (Wildman–Crippen MR) is 106 cm³/mol. The third-order valence-corrected chi connectivity index (χ3v) is 6.33. The Morgan fingerprint density at radius 3 is 2.41 bits per heavy atom. The summed E-state index contributed by atoms with van der Waals surface area (Å²) in [6.07, 6.45) is -0.0277. The van der Waals surface area contributed by atoms with Gasteiger partial charge < -0.3 is 9.80 Å². The highest BCUT2D eigenvalue weighted by Gasteiger charge is 2.22. The summed E-state index contributed by atoms with van der Waals surface area (Å²) in [6.45, 7) is 2.19. The highest BCUT2D eigenvalue weighted by molar-refractivity contribution is 7.89. The van der Waals surface area contributed by atoms with Gasteiger partial charge in [0.2, 0.25) is 15.9 Å². The van der Waals surface area contributed by atoms with Gasteiger partial charge in [0, 0.05) is 49.9 Å². The number of benzene rings is 2. The van der Waals surface area contributed by atoms with Gasteiger partial charge in [-0.05, 0) is 36.4 Å². The maximum Gasteiger partial charge on any atom is 0.240 e. The van der Waals surface area contributed by atoms with Crippen LogP contribution in [0.5, 0.6) is 0 Å². The number of carbonyl (C=O) groups is 1. The van der Waals surface area contributed by atoms with Gasteiger partial charge in [-0.2, -0.15) is 0 Å². The highest BCUT2D eigenvalue weighted by Crippen LogP contribution is 2.21. The van der Waals surface area contributed by atoms with E-state index in [2.05, 4.69) is 9.62 Å². The van der Waals surface area contributed by atoms with Gasteiger partial charge in [-0.1, -0.05) is 17.7 Å². The molecule has 0 spiro atoms. The van der Waals surface area contributed by atoms with Gasteiger partial charge in [0.05, 0.1) is 4.90 Å². The summed E-state index contributed by atoms with van der Waals surface area (Å²) in [7, 11) is -4.02. The molecule has 0 bridgehead atoms. The first-order chi connectivity index (χ1) is 13.8. The predicted octanol–water partition coefficient (Wildman–Crippen LogP) is 2.64. The molecule has 10 heteroatoms. The number of hydrogen-bond acceptors (Lipinski definition) is 4. The average Bonchev–Trinajstić information content (AvgIpc) is 2.70. The molecule has 0 aromatic heterocycles. The molecule has 0 radical (unpaired) electrons. The van der Waals surface area contributed by atoms with Crippen molar-refractivity contribution >= 4 is 33.2 Å². The van der Waals surface area contributed by atoms with Crippen molar-refractivity contribution < 1.29 is 22.0 Å². The Morgan fingerprint density at radius 1 is 1.03 bits per heavy atom. The number of anilines is 1. The summed E-state index contributed by atoms with van der Waals surface area (Å²) >= 11 is 6.01. The molecule has 1 heterocycles. The minimum atomic E-state index is -4.02. The largest absolute Gasteiger partial charge is 0.368 e. The first-order valence-electron chi connectivity index (χ1n) is 8.99. The summed E-state index contributed by atoms with van der Waals surface area (Å²) in [5.41, 5.74) is 0.990. The average molecular weight is 444 g/mol. The molecule has 156 valence electrons. The second kappa shape index (κ2) is 9.06. The maximum absolute atomic E-state index is 13.2. The van der Waals surface area contributed by atoms with Crippen molar-refractivity contribution in [1.82, 2.24) is 9.62 Å². The van der Waals surface area contributed by atoms with Crippen LogP contribution in [0, 0.1) is 11.6 Å². The zero-order valence-corrected chi connectivity index (χ0v) is 17.0. The highest BCUT2D eigenvalue weighted by atomic mass is 35.5. The van der Waals surface area contributed by atoms with E-state index in [4.69, 9.17) is 11.6 Å². The van der Waals surface area contributed by atoms with Gasteiger partial charge >= 0.3 is 0 Å². The molecule has 1 saturated heterocycles. The lowest BCUT2D eigenvalue weighted by Crippen LogP contribution is -2.49. The third-order valence-electron chi connectivity index (χ3n) is 4.64. The van der Waals surface area contributed by atoms with Gasteiger partial charge in [-0.15, -0.1) is 0 Å². The lowest BCUT2D eigenvalue weighted by Gasteiger charge is -2.36. The van der Waals surface area contributed by atoms with Gasteiger partial charge in [0.25, 0.3) is 0 Å². The molecule has 1 N–H and O–H groups in total. The number of hydrogen-bond donors (Lipinski definition) is 1. The zero-order valence-electron chi connectivity index (χ0n) is 15.4. The number of piperazine rings is 1. The summed E-state index contributed by atoms with van der Waals surface area (Å²) in [4.78, 5) is 15.8. The first kappa shape index (κ1) is 21.5. The third kappa shape index (κ3) is 5.43. The van der Waals surface area contributed by atoms with Crippen molar-refractivity contribution in [2.75, 3.05) is 37.6 Å². The minimum absolute atomic E-state index is 0.0277. The van der Waals surface area contributed by atoms with E-state index >= 15 is 0 Å². The molecular weight excluding hydrogens is 424 g/mol. The molecular formula is C19H20ClF2N3O3S. The molecule has 2 aromatic rings. The number of rotatable bonds is 6. The van der Waals surface area contributed by atoms with Crippen molar-refractivity contribution in [2.45, 2.75) is 11.3 Å². The molecule has 0 atom stereocenters. The maximum atomic E-state index is 13.2. The molecule has 1 amide bonds. The van der Waals surface area contributed by atoms with Crippen LogP contribution < -0.4 is 9.62 Å². The van der Waals surface area contributed by atoms with E-state index < -0.39 is 21.7 Å². The Balaban J connectivity index is 1.48. The van der Waals surface area contributed by atoms with Gasteiger partial charge in [-0.25, -0.2) is 21.9 Å². The van der Waals surface area contributed by atoms with Gasteiger partial charge in [0.15, 0.2) is 11.6 Å². The van der Waals surface area contributed by atoms with Crippen LogP contribution in [0.2, 0.25) is 5.02 Å². The van der Waals surface area contributed by atoms with Crippen molar-refractivity contribution in [2.24, 2.45) is 0 Å². The Labute approximate surface area is 173 Å². The summed E-state index contributed by atoms with van der Waals surface area (Å²) in [6, 6.07) is 9.81. The molecule has 0 unspecified atom stereocenters. The molecule has 0 aliphatic carbocycles. The second-order valence-corrected chi connectivity index (χ2v) is 8.77. The molecule has 1 fully saturated rings. The monoisotopic (exact) mass is 443 g/mol. The van der Waals surface area contributed by atoms with Crippen molar-refractivity contribution in [3.63, 3.8) is 0 Å². The Kier molecular flexibility index (Phi) is 6.71. The number of sulfonamides is 1. The van der Waals surface area contributed by atoms with Crippen molar-refractivity contribution in [3.05, 3.63) is 59.1 Å². The van der Waals surface area contributed by atoms with Crippen LogP contribution in [-0.2, 0) is 14.8 Å². The lowest BCUT2D eigenvalue weighted by molar-refractivity contribution is -0.131. The summed E-state index contributed by atoms with van der Waals surface area (Å²) in [5, 5.41) is 0.648. The van der Waals surface area contributed by atoms with Crippen LogP contribution in [-0.4, -0.2) is 51.9 Å². The van der Waals surface area contributed by atoms with E-state index in [9.17, 15) is 22.0 Å². The minimum Gasteiger partial charge on any atom is -0.368 e. The zero-order chi connectivity index (χ0) is 21.0. The number of nitrogens with zero attached hydrogens (tertiary/aromatic N) is 2. The number of halogens is 3. The summed E-state index contributed by atoms with van der Waals surface area (Å²) < 4.78 is 52.7. The number of nitrogens with one attached hydrogen (secondary N) is 1. The normalized spacial score (nSPS) is 14.9. The fourth-order valence-electron chi connectivity index (χ4n) is 3.06.